The van der Waals surface area contributed by atoms with E-state index in [1.54, 1.807) is 16.7 Å². The van der Waals surface area contributed by atoms with Gasteiger partial charge in [-0.25, -0.2) is 9.78 Å². The minimum absolute atomic E-state index is 0.0663. The van der Waals surface area contributed by atoms with Gasteiger partial charge in [0.15, 0.2) is 0 Å². The molecule has 122 valence electrons. The van der Waals surface area contributed by atoms with Gasteiger partial charge in [0.25, 0.3) is 5.69 Å². The van der Waals surface area contributed by atoms with E-state index in [9.17, 15) is 14.9 Å². The first kappa shape index (κ1) is 16.6. The van der Waals surface area contributed by atoms with Crippen LogP contribution in [0.1, 0.15) is 16.1 Å². The molecular weight excluding hydrogens is 372 g/mol. The lowest BCUT2D eigenvalue weighted by Crippen LogP contribution is -2.08. The van der Waals surface area contributed by atoms with Crippen LogP contribution in [-0.4, -0.2) is 15.9 Å². The Labute approximate surface area is 149 Å². The van der Waals surface area contributed by atoms with Gasteiger partial charge < -0.3 is 4.74 Å². The Bertz CT molecular complexity index is 893. The standard InChI is InChI=1S/C15H9ClN2O4S2/c16-10-1-2-13(18(20)21)12(5-10)15(19)22-6-11-8-24-14(17-11)9-3-4-23-7-9/h1-5,7-8H,6H2. The molecule has 0 saturated carbocycles. The number of nitrogens with zero attached hydrogens (tertiary/aromatic N) is 2. The molecule has 0 aliphatic rings. The van der Waals surface area contributed by atoms with Crippen LogP contribution in [0.25, 0.3) is 10.6 Å². The second kappa shape index (κ2) is 7.08. The summed E-state index contributed by atoms with van der Waals surface area (Å²) >= 11 is 8.81. The highest BCUT2D eigenvalue weighted by Gasteiger charge is 2.22. The molecule has 0 unspecified atom stereocenters. The summed E-state index contributed by atoms with van der Waals surface area (Å²) in [5.74, 6) is -0.811. The number of nitro groups is 1. The molecule has 0 aliphatic carbocycles. The summed E-state index contributed by atoms with van der Waals surface area (Å²) in [5.41, 5.74) is 1.06. The number of ether oxygens (including phenoxy) is 1. The number of benzene rings is 1. The summed E-state index contributed by atoms with van der Waals surface area (Å²) in [5, 5.41) is 17.8. The number of nitro benzene ring substituents is 1. The summed E-state index contributed by atoms with van der Waals surface area (Å²) in [4.78, 5) is 26.8. The predicted octanol–water partition coefficient (Wildman–Crippen LogP) is 4.79. The topological polar surface area (TPSA) is 82.3 Å². The summed E-state index contributed by atoms with van der Waals surface area (Å²) in [6.45, 7) is -0.0663. The van der Waals surface area contributed by atoms with Crippen LogP contribution in [0.4, 0.5) is 5.69 Å². The summed E-state index contributed by atoms with van der Waals surface area (Å²) < 4.78 is 5.14. The van der Waals surface area contributed by atoms with Crippen LogP contribution < -0.4 is 0 Å². The van der Waals surface area contributed by atoms with E-state index in [4.69, 9.17) is 16.3 Å². The van der Waals surface area contributed by atoms with Gasteiger partial charge in [-0.15, -0.1) is 11.3 Å². The van der Waals surface area contributed by atoms with E-state index in [1.807, 2.05) is 16.8 Å². The molecule has 24 heavy (non-hydrogen) atoms. The summed E-state index contributed by atoms with van der Waals surface area (Å²) in [6.07, 6.45) is 0. The molecule has 0 saturated heterocycles. The fraction of sp³-hybridized carbons (Fsp3) is 0.0667. The molecule has 9 heteroatoms. The first-order chi connectivity index (χ1) is 11.5. The molecular formula is C15H9ClN2O4S2. The highest BCUT2D eigenvalue weighted by atomic mass is 35.5. The molecule has 0 spiro atoms. The Kier molecular flexibility index (Phi) is 4.89. The minimum Gasteiger partial charge on any atom is -0.455 e. The Hall–Kier alpha value is -2.29. The number of rotatable bonds is 5. The SMILES string of the molecule is O=C(OCc1csc(-c2ccsc2)n1)c1cc(Cl)ccc1[N+](=O)[O-]. The lowest BCUT2D eigenvalue weighted by Gasteiger charge is -2.04. The van der Waals surface area contributed by atoms with E-state index in [2.05, 4.69) is 4.98 Å². The van der Waals surface area contributed by atoms with E-state index < -0.39 is 10.9 Å². The summed E-state index contributed by atoms with van der Waals surface area (Å²) in [6, 6.07) is 5.70. The van der Waals surface area contributed by atoms with Crippen LogP contribution >= 0.6 is 34.3 Å². The number of esters is 1. The van der Waals surface area contributed by atoms with Gasteiger partial charge in [0.1, 0.15) is 17.2 Å². The van der Waals surface area contributed by atoms with Gasteiger partial charge in [0.2, 0.25) is 0 Å². The van der Waals surface area contributed by atoms with E-state index in [-0.39, 0.29) is 22.9 Å². The molecule has 6 nitrogen and oxygen atoms in total. The average molecular weight is 381 g/mol. The molecule has 0 amide bonds. The zero-order valence-electron chi connectivity index (χ0n) is 12.0. The molecule has 2 aromatic heterocycles. The first-order valence-corrected chi connectivity index (χ1v) is 8.82. The predicted molar refractivity (Wildman–Crippen MR) is 92.7 cm³/mol. The fourth-order valence-corrected chi connectivity index (χ4v) is 3.63. The largest absolute Gasteiger partial charge is 0.455 e. The van der Waals surface area contributed by atoms with Crippen molar-refractivity contribution in [2.75, 3.05) is 0 Å². The number of thiophene rings is 1. The molecule has 0 fully saturated rings. The molecule has 3 rings (SSSR count). The Morgan fingerprint density at radius 2 is 2.17 bits per heavy atom. The number of thiazole rings is 1. The van der Waals surface area contributed by atoms with E-state index in [0.717, 1.165) is 10.6 Å². The van der Waals surface area contributed by atoms with Gasteiger partial charge in [-0.2, -0.15) is 11.3 Å². The van der Waals surface area contributed by atoms with E-state index in [0.29, 0.717) is 5.69 Å². The van der Waals surface area contributed by atoms with E-state index in [1.165, 1.54) is 29.5 Å². The molecule has 0 aliphatic heterocycles. The van der Waals surface area contributed by atoms with Crippen LogP contribution in [-0.2, 0) is 11.3 Å². The molecule has 0 radical (unpaired) electrons. The minimum atomic E-state index is -0.811. The first-order valence-electron chi connectivity index (χ1n) is 6.62. The van der Waals surface area contributed by atoms with Gasteiger partial charge in [-0.1, -0.05) is 11.6 Å². The molecule has 3 aromatic rings. The van der Waals surface area contributed by atoms with Crippen LogP contribution in [0.15, 0.2) is 40.4 Å². The number of carbonyl (C=O) groups excluding carboxylic acids is 1. The molecule has 1 aromatic carbocycles. The van der Waals surface area contributed by atoms with Crippen molar-refractivity contribution in [3.63, 3.8) is 0 Å². The van der Waals surface area contributed by atoms with Gasteiger partial charge in [0, 0.05) is 27.4 Å². The van der Waals surface area contributed by atoms with Gasteiger partial charge in [-0.05, 0) is 23.6 Å². The maximum atomic E-state index is 12.1. The maximum Gasteiger partial charge on any atom is 0.345 e. The Morgan fingerprint density at radius 3 is 2.88 bits per heavy atom. The highest BCUT2D eigenvalue weighted by Crippen LogP contribution is 2.27. The molecule has 0 N–H and O–H groups in total. The third-order valence-corrected chi connectivity index (χ3v) is 4.90. The number of hydrogen-bond acceptors (Lipinski definition) is 7. The third kappa shape index (κ3) is 3.61. The molecule has 0 bridgehead atoms. The third-order valence-electron chi connectivity index (χ3n) is 3.05. The Balaban J connectivity index is 1.72. The maximum absolute atomic E-state index is 12.1. The van der Waals surface area contributed by atoms with Crippen molar-refractivity contribution in [3.05, 3.63) is 66.8 Å². The Morgan fingerprint density at radius 1 is 1.33 bits per heavy atom. The highest BCUT2D eigenvalue weighted by molar-refractivity contribution is 7.14. The van der Waals surface area contributed by atoms with Crippen molar-refractivity contribution in [2.24, 2.45) is 0 Å². The lowest BCUT2D eigenvalue weighted by atomic mass is 10.2. The average Bonchev–Trinajstić information content (AvgIpc) is 3.23. The van der Waals surface area contributed by atoms with Crippen LogP contribution in [0.5, 0.6) is 0 Å². The monoisotopic (exact) mass is 380 g/mol. The summed E-state index contributed by atoms with van der Waals surface area (Å²) in [7, 11) is 0. The van der Waals surface area contributed by atoms with Gasteiger partial charge in [-0.3, -0.25) is 10.1 Å². The van der Waals surface area contributed by atoms with Crippen LogP contribution in [0.2, 0.25) is 5.02 Å². The van der Waals surface area contributed by atoms with Crippen molar-refractivity contribution < 1.29 is 14.5 Å². The quantitative estimate of drug-likeness (QED) is 0.361. The van der Waals surface area contributed by atoms with Crippen molar-refractivity contribution in [3.8, 4) is 10.6 Å². The molecule has 0 atom stereocenters. The van der Waals surface area contributed by atoms with Gasteiger partial charge in [0.05, 0.1) is 10.6 Å². The zero-order valence-corrected chi connectivity index (χ0v) is 14.4. The smallest absolute Gasteiger partial charge is 0.345 e. The number of aromatic nitrogens is 1. The van der Waals surface area contributed by atoms with Crippen molar-refractivity contribution >= 4 is 45.9 Å². The number of hydrogen-bond donors (Lipinski definition) is 0. The van der Waals surface area contributed by atoms with Crippen molar-refractivity contribution in [2.45, 2.75) is 6.61 Å². The van der Waals surface area contributed by atoms with Gasteiger partial charge >= 0.3 is 5.97 Å². The fourth-order valence-electron chi connectivity index (χ4n) is 1.94. The van der Waals surface area contributed by atoms with E-state index >= 15 is 0 Å². The van der Waals surface area contributed by atoms with Crippen LogP contribution in [0.3, 0.4) is 0 Å². The zero-order chi connectivity index (χ0) is 17.1. The lowest BCUT2D eigenvalue weighted by molar-refractivity contribution is -0.385. The normalized spacial score (nSPS) is 10.5. The second-order valence-corrected chi connectivity index (χ2v) is 6.73. The van der Waals surface area contributed by atoms with Crippen LogP contribution in [0, 0.1) is 10.1 Å². The second-order valence-electron chi connectivity index (χ2n) is 4.65. The number of carbonyl (C=O) groups is 1. The van der Waals surface area contributed by atoms with Crippen molar-refractivity contribution in [1.29, 1.82) is 0 Å². The van der Waals surface area contributed by atoms with Crippen molar-refractivity contribution in [1.82, 2.24) is 4.98 Å². The number of halogens is 1. The molecule has 2 heterocycles.